The number of hydrogen-bond acceptors (Lipinski definition) is 4. The molecule has 18 heavy (non-hydrogen) atoms. The zero-order valence-electron chi connectivity index (χ0n) is 10.8. The van der Waals surface area contributed by atoms with Crippen LogP contribution in [0.1, 0.15) is 26.7 Å². The molecule has 0 bridgehead atoms. The van der Waals surface area contributed by atoms with Gasteiger partial charge in [0, 0.05) is 11.8 Å². The van der Waals surface area contributed by atoms with Crippen LogP contribution < -0.4 is 5.32 Å². The van der Waals surface area contributed by atoms with E-state index in [0.717, 1.165) is 12.8 Å². The summed E-state index contributed by atoms with van der Waals surface area (Å²) in [4.78, 5) is 25.0. The van der Waals surface area contributed by atoms with Crippen LogP contribution in [-0.4, -0.2) is 51.6 Å². The van der Waals surface area contributed by atoms with Crippen molar-refractivity contribution in [1.29, 1.82) is 0 Å². The Labute approximate surface area is 111 Å². The highest BCUT2D eigenvalue weighted by Crippen LogP contribution is 2.45. The summed E-state index contributed by atoms with van der Waals surface area (Å²) in [6.45, 7) is 4.17. The van der Waals surface area contributed by atoms with E-state index in [1.165, 1.54) is 0 Å². The number of carbonyl (C=O) groups excluding carboxylic acids is 1. The summed E-state index contributed by atoms with van der Waals surface area (Å²) < 4.78 is 0. The Morgan fingerprint density at radius 3 is 2.61 bits per heavy atom. The van der Waals surface area contributed by atoms with E-state index in [-0.39, 0.29) is 23.9 Å². The van der Waals surface area contributed by atoms with Crippen LogP contribution in [0.5, 0.6) is 0 Å². The van der Waals surface area contributed by atoms with Gasteiger partial charge in [-0.05, 0) is 18.8 Å². The van der Waals surface area contributed by atoms with Crippen LogP contribution >= 0.6 is 11.8 Å². The highest BCUT2D eigenvalue weighted by molar-refractivity contribution is 8.00. The van der Waals surface area contributed by atoms with Crippen molar-refractivity contribution in [3.8, 4) is 0 Å². The largest absolute Gasteiger partial charge is 0.480 e. The average Bonchev–Trinajstić information content (AvgIpc) is 3.04. The van der Waals surface area contributed by atoms with Gasteiger partial charge in [0.15, 0.2) is 0 Å². The van der Waals surface area contributed by atoms with E-state index in [2.05, 4.69) is 5.32 Å². The Morgan fingerprint density at radius 1 is 1.44 bits per heavy atom. The highest BCUT2D eigenvalue weighted by atomic mass is 32.2. The average molecular weight is 272 g/mol. The lowest BCUT2D eigenvalue weighted by Gasteiger charge is -2.27. The number of nitrogens with one attached hydrogen (secondary N) is 1. The fourth-order valence-electron chi connectivity index (χ4n) is 2.16. The molecule has 2 rings (SSSR count). The molecular formula is C12H20N2O3S. The number of hydrogen-bond donors (Lipinski definition) is 2. The molecule has 0 aromatic rings. The number of rotatable bonds is 5. The zero-order chi connectivity index (χ0) is 13.3. The molecule has 0 aromatic heterocycles. The van der Waals surface area contributed by atoms with Gasteiger partial charge in [0.25, 0.3) is 0 Å². The lowest BCUT2D eigenvalue weighted by Crippen LogP contribution is -2.50. The molecule has 2 N–H and O–H groups in total. The normalized spacial score (nSPS) is 27.8. The Balaban J connectivity index is 2.03. The second-order valence-corrected chi connectivity index (χ2v) is 6.40. The van der Waals surface area contributed by atoms with Gasteiger partial charge in [-0.1, -0.05) is 13.8 Å². The highest BCUT2D eigenvalue weighted by Gasteiger charge is 2.47. The first-order chi connectivity index (χ1) is 8.50. The maximum absolute atomic E-state index is 12.2. The fraction of sp³-hybridized carbons (Fsp3) is 0.833. The molecule has 5 nitrogen and oxygen atoms in total. The molecule has 1 heterocycles. The standard InChI is InChI=1S/C12H20N2O3S/c1-7(2)13-5-10(15)14-9(12(16)17)6-18-11(14)8-3-4-8/h7-9,11,13H,3-6H2,1-2H3,(H,16,17). The van der Waals surface area contributed by atoms with Crippen molar-refractivity contribution in [1.82, 2.24) is 10.2 Å². The second-order valence-electron chi connectivity index (χ2n) is 5.25. The molecule has 1 amide bonds. The molecule has 1 saturated heterocycles. The van der Waals surface area contributed by atoms with E-state index in [9.17, 15) is 14.7 Å². The Morgan fingerprint density at radius 2 is 2.11 bits per heavy atom. The molecule has 0 radical (unpaired) electrons. The molecule has 2 fully saturated rings. The molecule has 0 spiro atoms. The first-order valence-electron chi connectivity index (χ1n) is 6.39. The van der Waals surface area contributed by atoms with E-state index in [4.69, 9.17) is 0 Å². The molecule has 1 saturated carbocycles. The second kappa shape index (κ2) is 5.48. The van der Waals surface area contributed by atoms with Crippen molar-refractivity contribution in [2.75, 3.05) is 12.3 Å². The van der Waals surface area contributed by atoms with Crippen LogP contribution in [0.3, 0.4) is 0 Å². The van der Waals surface area contributed by atoms with Gasteiger partial charge in [-0.2, -0.15) is 0 Å². The minimum absolute atomic E-state index is 0.0764. The number of carboxylic acid groups (broad SMARTS) is 1. The summed E-state index contributed by atoms with van der Waals surface area (Å²) >= 11 is 1.62. The van der Waals surface area contributed by atoms with Crippen molar-refractivity contribution in [2.24, 2.45) is 5.92 Å². The van der Waals surface area contributed by atoms with Crippen LogP contribution in [0, 0.1) is 5.92 Å². The van der Waals surface area contributed by atoms with E-state index < -0.39 is 12.0 Å². The number of amides is 1. The first-order valence-corrected chi connectivity index (χ1v) is 7.44. The van der Waals surface area contributed by atoms with Crippen LogP contribution in [0.15, 0.2) is 0 Å². The van der Waals surface area contributed by atoms with Crippen LogP contribution in [0.2, 0.25) is 0 Å². The van der Waals surface area contributed by atoms with Crippen molar-refractivity contribution in [2.45, 2.75) is 44.1 Å². The molecular weight excluding hydrogens is 252 g/mol. The van der Waals surface area contributed by atoms with Crippen LogP contribution in [0.4, 0.5) is 0 Å². The summed E-state index contributed by atoms with van der Waals surface area (Å²) in [6, 6.07) is -0.422. The van der Waals surface area contributed by atoms with Crippen molar-refractivity contribution in [3.63, 3.8) is 0 Å². The van der Waals surface area contributed by atoms with Gasteiger partial charge < -0.3 is 15.3 Å². The number of nitrogens with zero attached hydrogens (tertiary/aromatic N) is 1. The van der Waals surface area contributed by atoms with E-state index in [0.29, 0.717) is 11.7 Å². The number of aliphatic carboxylic acids is 1. The van der Waals surface area contributed by atoms with Crippen LogP contribution in [-0.2, 0) is 9.59 Å². The quantitative estimate of drug-likeness (QED) is 0.773. The molecule has 2 unspecified atom stereocenters. The molecule has 1 aliphatic carbocycles. The summed E-state index contributed by atoms with van der Waals surface area (Å²) in [6.07, 6.45) is 2.23. The van der Waals surface area contributed by atoms with E-state index in [1.54, 1.807) is 16.7 Å². The fourth-order valence-corrected chi connectivity index (χ4v) is 3.81. The van der Waals surface area contributed by atoms with Crippen LogP contribution in [0.25, 0.3) is 0 Å². The van der Waals surface area contributed by atoms with Gasteiger partial charge in [0.05, 0.1) is 11.9 Å². The third-order valence-electron chi connectivity index (χ3n) is 3.29. The number of thioether (sulfide) groups is 1. The van der Waals surface area contributed by atoms with Gasteiger partial charge in [-0.3, -0.25) is 4.79 Å². The van der Waals surface area contributed by atoms with Gasteiger partial charge in [0.1, 0.15) is 6.04 Å². The first kappa shape index (κ1) is 13.7. The maximum atomic E-state index is 12.2. The van der Waals surface area contributed by atoms with Crippen molar-refractivity contribution in [3.05, 3.63) is 0 Å². The third-order valence-corrected chi connectivity index (χ3v) is 4.76. The summed E-state index contributed by atoms with van der Waals surface area (Å²) in [7, 11) is 0. The topological polar surface area (TPSA) is 69.6 Å². The number of carboxylic acids is 1. The van der Waals surface area contributed by atoms with E-state index >= 15 is 0 Å². The minimum atomic E-state index is -0.886. The lowest BCUT2D eigenvalue weighted by atomic mass is 10.2. The molecule has 6 heteroatoms. The molecule has 0 aromatic carbocycles. The summed E-state index contributed by atoms with van der Waals surface area (Å²) in [5, 5.41) is 12.3. The Hall–Kier alpha value is -0.750. The zero-order valence-corrected chi connectivity index (χ0v) is 11.6. The molecule has 2 atom stereocenters. The smallest absolute Gasteiger partial charge is 0.327 e. The van der Waals surface area contributed by atoms with Crippen molar-refractivity contribution < 1.29 is 14.7 Å². The molecule has 1 aliphatic heterocycles. The van der Waals surface area contributed by atoms with Gasteiger partial charge in [-0.25, -0.2) is 4.79 Å². The predicted molar refractivity (Wildman–Crippen MR) is 70.4 cm³/mol. The van der Waals surface area contributed by atoms with Gasteiger partial charge in [0.2, 0.25) is 5.91 Å². The minimum Gasteiger partial charge on any atom is -0.480 e. The van der Waals surface area contributed by atoms with Gasteiger partial charge in [-0.15, -0.1) is 11.8 Å². The summed E-state index contributed by atoms with van der Waals surface area (Å²) in [5.74, 6) is 0.0492. The van der Waals surface area contributed by atoms with E-state index in [1.807, 2.05) is 13.8 Å². The number of carbonyl (C=O) groups is 2. The SMILES string of the molecule is CC(C)NCC(=O)N1C(C(=O)O)CSC1C1CC1. The Kier molecular flexibility index (Phi) is 4.17. The predicted octanol–water partition coefficient (Wildman–Crippen LogP) is 0.749. The Bertz CT molecular complexity index is 344. The summed E-state index contributed by atoms with van der Waals surface area (Å²) in [5.41, 5.74) is 0. The lowest BCUT2D eigenvalue weighted by molar-refractivity contribution is -0.149. The molecule has 102 valence electrons. The molecule has 2 aliphatic rings. The van der Waals surface area contributed by atoms with Crippen molar-refractivity contribution >= 4 is 23.6 Å². The monoisotopic (exact) mass is 272 g/mol. The maximum Gasteiger partial charge on any atom is 0.327 e. The third kappa shape index (κ3) is 2.98. The van der Waals surface area contributed by atoms with Gasteiger partial charge >= 0.3 is 5.97 Å².